The van der Waals surface area contributed by atoms with Crippen LogP contribution in [0.2, 0.25) is 0 Å². The Bertz CT molecular complexity index is 340. The normalized spacial score (nSPS) is 49.5. The molecule has 104 valence electrons. The highest BCUT2D eigenvalue weighted by Crippen LogP contribution is 2.43. The van der Waals surface area contributed by atoms with E-state index in [1.165, 1.54) is 0 Å². The van der Waals surface area contributed by atoms with E-state index in [0.29, 0.717) is 6.61 Å². The maximum atomic E-state index is 5.96. The topological polar surface area (TPSA) is 46.2 Å². The second-order valence-corrected chi connectivity index (χ2v) is 6.30. The van der Waals surface area contributed by atoms with E-state index in [4.69, 9.17) is 23.7 Å². The lowest BCUT2D eigenvalue weighted by atomic mass is 9.97. The van der Waals surface area contributed by atoms with E-state index in [0.717, 1.165) is 0 Å². The van der Waals surface area contributed by atoms with Crippen LogP contribution < -0.4 is 0 Å². The summed E-state index contributed by atoms with van der Waals surface area (Å²) in [6, 6.07) is 0. The monoisotopic (exact) mass is 258 g/mol. The standard InChI is InChI=1S/C13H22O5/c1-7-9(8-6-14-12(2,3)16-8)15-11-10(7)17-13(4,5)18-11/h7-11H,6H2,1-5H3/t7-,8?,9-,10+,11+/m1/s1. The molecule has 3 fully saturated rings. The first kappa shape index (κ1) is 12.8. The van der Waals surface area contributed by atoms with Crippen molar-refractivity contribution in [1.29, 1.82) is 0 Å². The van der Waals surface area contributed by atoms with Crippen LogP contribution in [0.5, 0.6) is 0 Å². The van der Waals surface area contributed by atoms with Gasteiger partial charge in [-0.1, -0.05) is 6.92 Å². The molecule has 3 aliphatic rings. The van der Waals surface area contributed by atoms with E-state index in [9.17, 15) is 0 Å². The smallest absolute Gasteiger partial charge is 0.187 e. The molecule has 5 nitrogen and oxygen atoms in total. The minimum absolute atomic E-state index is 0.0164. The van der Waals surface area contributed by atoms with Crippen LogP contribution in [0.4, 0.5) is 0 Å². The maximum absolute atomic E-state index is 5.96. The van der Waals surface area contributed by atoms with Crippen molar-refractivity contribution >= 4 is 0 Å². The van der Waals surface area contributed by atoms with Crippen LogP contribution in [-0.4, -0.2) is 42.8 Å². The van der Waals surface area contributed by atoms with Crippen molar-refractivity contribution in [3.8, 4) is 0 Å². The Hall–Kier alpha value is -0.200. The molecule has 0 aromatic carbocycles. The van der Waals surface area contributed by atoms with Gasteiger partial charge in [0.05, 0.1) is 12.7 Å². The SMILES string of the molecule is C[C@H]1[C@@H]2OC(C)(C)O[C@@H]2O[C@H]1C1COC(C)(C)O1. The first-order valence-electron chi connectivity index (χ1n) is 6.60. The molecule has 0 saturated carbocycles. The first-order chi connectivity index (χ1) is 8.27. The van der Waals surface area contributed by atoms with Gasteiger partial charge in [0.15, 0.2) is 17.9 Å². The van der Waals surface area contributed by atoms with Crippen LogP contribution in [0.3, 0.4) is 0 Å². The summed E-state index contributed by atoms with van der Waals surface area (Å²) in [6.07, 6.45) is -0.376. The highest BCUT2D eigenvalue weighted by Gasteiger charge is 2.56. The van der Waals surface area contributed by atoms with Gasteiger partial charge in [-0.3, -0.25) is 0 Å². The van der Waals surface area contributed by atoms with Crippen molar-refractivity contribution in [3.63, 3.8) is 0 Å². The Kier molecular flexibility index (Phi) is 2.78. The number of ether oxygens (including phenoxy) is 5. The van der Waals surface area contributed by atoms with Gasteiger partial charge in [0.1, 0.15) is 12.2 Å². The third-order valence-electron chi connectivity index (χ3n) is 3.81. The van der Waals surface area contributed by atoms with Gasteiger partial charge < -0.3 is 23.7 Å². The quantitative estimate of drug-likeness (QED) is 0.715. The molecule has 0 aliphatic carbocycles. The predicted molar refractivity (Wildman–Crippen MR) is 62.8 cm³/mol. The minimum atomic E-state index is -0.555. The van der Waals surface area contributed by atoms with Gasteiger partial charge in [0.2, 0.25) is 0 Å². The molecule has 0 amide bonds. The molecule has 3 heterocycles. The fourth-order valence-corrected chi connectivity index (χ4v) is 2.99. The third-order valence-corrected chi connectivity index (χ3v) is 3.81. The Balaban J connectivity index is 1.68. The van der Waals surface area contributed by atoms with Gasteiger partial charge in [0.25, 0.3) is 0 Å². The molecule has 0 spiro atoms. The Morgan fingerprint density at radius 3 is 2.17 bits per heavy atom. The summed E-state index contributed by atoms with van der Waals surface area (Å²) >= 11 is 0. The summed E-state index contributed by atoms with van der Waals surface area (Å²) in [7, 11) is 0. The van der Waals surface area contributed by atoms with Gasteiger partial charge in [0, 0.05) is 5.92 Å². The first-order valence-corrected chi connectivity index (χ1v) is 6.60. The van der Waals surface area contributed by atoms with Crippen LogP contribution in [-0.2, 0) is 23.7 Å². The van der Waals surface area contributed by atoms with Gasteiger partial charge >= 0.3 is 0 Å². The fraction of sp³-hybridized carbons (Fsp3) is 1.00. The van der Waals surface area contributed by atoms with Crippen molar-refractivity contribution in [2.75, 3.05) is 6.61 Å². The second-order valence-electron chi connectivity index (χ2n) is 6.30. The van der Waals surface area contributed by atoms with E-state index < -0.39 is 11.6 Å². The summed E-state index contributed by atoms with van der Waals surface area (Å²) in [4.78, 5) is 0. The molecule has 1 unspecified atom stereocenters. The average molecular weight is 258 g/mol. The van der Waals surface area contributed by atoms with Gasteiger partial charge in [-0.2, -0.15) is 0 Å². The number of rotatable bonds is 1. The van der Waals surface area contributed by atoms with E-state index >= 15 is 0 Å². The summed E-state index contributed by atoms with van der Waals surface area (Å²) in [5.74, 6) is -0.841. The van der Waals surface area contributed by atoms with Crippen LogP contribution in [0.25, 0.3) is 0 Å². The number of hydrogen-bond donors (Lipinski definition) is 0. The average Bonchev–Trinajstić information content (AvgIpc) is 2.81. The molecule has 0 N–H and O–H groups in total. The van der Waals surface area contributed by atoms with Crippen molar-refractivity contribution < 1.29 is 23.7 Å². The highest BCUT2D eigenvalue weighted by atomic mass is 16.8. The molecule has 5 heteroatoms. The second kappa shape index (κ2) is 3.90. The molecule has 0 aromatic rings. The zero-order chi connectivity index (χ0) is 13.1. The summed E-state index contributed by atoms with van der Waals surface area (Å²) in [5.41, 5.74) is 0. The lowest BCUT2D eigenvalue weighted by Crippen LogP contribution is -2.37. The maximum Gasteiger partial charge on any atom is 0.187 e. The van der Waals surface area contributed by atoms with Crippen molar-refractivity contribution in [2.24, 2.45) is 5.92 Å². The van der Waals surface area contributed by atoms with E-state index in [2.05, 4.69) is 6.92 Å². The van der Waals surface area contributed by atoms with Crippen molar-refractivity contribution in [3.05, 3.63) is 0 Å². The van der Waals surface area contributed by atoms with Crippen LogP contribution in [0.15, 0.2) is 0 Å². The molecular formula is C13H22O5. The highest BCUT2D eigenvalue weighted by molar-refractivity contribution is 4.95. The summed E-state index contributed by atoms with van der Waals surface area (Å²) in [5, 5.41) is 0. The zero-order valence-corrected chi connectivity index (χ0v) is 11.6. The molecule has 3 saturated heterocycles. The molecular weight excluding hydrogens is 236 g/mol. The predicted octanol–water partition coefficient (Wildman–Crippen LogP) is 1.65. The minimum Gasteiger partial charge on any atom is -0.348 e. The Labute approximate surface area is 108 Å². The Morgan fingerprint density at radius 1 is 0.889 bits per heavy atom. The Morgan fingerprint density at radius 2 is 1.61 bits per heavy atom. The molecule has 3 aliphatic heterocycles. The van der Waals surface area contributed by atoms with Crippen molar-refractivity contribution in [1.82, 2.24) is 0 Å². The summed E-state index contributed by atoms with van der Waals surface area (Å²) < 4.78 is 29.0. The van der Waals surface area contributed by atoms with E-state index in [-0.39, 0.29) is 30.5 Å². The summed E-state index contributed by atoms with van der Waals surface area (Å²) in [6.45, 7) is 10.3. The van der Waals surface area contributed by atoms with Gasteiger partial charge in [-0.05, 0) is 27.7 Å². The molecule has 5 atom stereocenters. The zero-order valence-electron chi connectivity index (χ0n) is 11.6. The van der Waals surface area contributed by atoms with E-state index in [1.54, 1.807) is 0 Å². The molecule has 0 aromatic heterocycles. The van der Waals surface area contributed by atoms with Gasteiger partial charge in [-0.25, -0.2) is 0 Å². The van der Waals surface area contributed by atoms with Crippen LogP contribution in [0.1, 0.15) is 34.6 Å². The molecule has 0 radical (unpaired) electrons. The fourth-order valence-electron chi connectivity index (χ4n) is 2.99. The number of fused-ring (bicyclic) bond motifs is 1. The lowest BCUT2D eigenvalue weighted by Gasteiger charge is -2.27. The van der Waals surface area contributed by atoms with Crippen LogP contribution in [0, 0.1) is 5.92 Å². The van der Waals surface area contributed by atoms with Crippen molar-refractivity contribution in [2.45, 2.75) is 70.8 Å². The van der Waals surface area contributed by atoms with Gasteiger partial charge in [-0.15, -0.1) is 0 Å². The third kappa shape index (κ3) is 2.08. The largest absolute Gasteiger partial charge is 0.348 e. The molecule has 0 bridgehead atoms. The molecule has 18 heavy (non-hydrogen) atoms. The number of hydrogen-bond acceptors (Lipinski definition) is 5. The van der Waals surface area contributed by atoms with E-state index in [1.807, 2.05) is 27.7 Å². The van der Waals surface area contributed by atoms with Crippen LogP contribution >= 0.6 is 0 Å². The lowest BCUT2D eigenvalue weighted by molar-refractivity contribution is -0.226. The molecule has 3 rings (SSSR count).